The first kappa shape index (κ1) is 11.4. The maximum atomic E-state index is 9.22. The lowest BCUT2D eigenvalue weighted by molar-refractivity contribution is 0.475. The van der Waals surface area contributed by atoms with Crippen LogP contribution < -0.4 is 11.1 Å². The molecule has 0 fully saturated rings. The SMILES string of the molecule is Cc1sc(NC(=N)N)nc1-c1ccc(O)cc1. The number of phenolic OH excluding ortho intramolecular Hbond substituents is 1. The molecule has 0 spiro atoms. The van der Waals surface area contributed by atoms with Gasteiger partial charge in [-0.2, -0.15) is 0 Å². The number of benzene rings is 1. The van der Waals surface area contributed by atoms with Crippen LogP contribution in [0.2, 0.25) is 0 Å². The Morgan fingerprint density at radius 2 is 2.06 bits per heavy atom. The van der Waals surface area contributed by atoms with Crippen LogP contribution in [0.15, 0.2) is 24.3 Å². The van der Waals surface area contributed by atoms with Gasteiger partial charge in [0.05, 0.1) is 5.69 Å². The van der Waals surface area contributed by atoms with Gasteiger partial charge in [0.15, 0.2) is 11.1 Å². The van der Waals surface area contributed by atoms with E-state index in [4.69, 9.17) is 11.1 Å². The minimum absolute atomic E-state index is 0.129. The van der Waals surface area contributed by atoms with Gasteiger partial charge in [0.1, 0.15) is 5.75 Å². The molecule has 0 aliphatic rings. The highest BCUT2D eigenvalue weighted by Crippen LogP contribution is 2.30. The molecule has 5 nitrogen and oxygen atoms in total. The van der Waals surface area contributed by atoms with E-state index in [1.54, 1.807) is 24.3 Å². The molecule has 5 N–H and O–H groups in total. The molecule has 1 aromatic heterocycles. The van der Waals surface area contributed by atoms with Crippen LogP contribution in [0.4, 0.5) is 5.13 Å². The first-order valence-corrected chi connectivity index (χ1v) is 5.76. The van der Waals surface area contributed by atoms with E-state index in [2.05, 4.69) is 10.3 Å². The second kappa shape index (κ2) is 4.42. The average Bonchev–Trinajstić information content (AvgIpc) is 2.59. The van der Waals surface area contributed by atoms with E-state index in [0.29, 0.717) is 5.13 Å². The molecule has 0 saturated heterocycles. The Hall–Kier alpha value is -2.08. The van der Waals surface area contributed by atoms with Crippen LogP contribution >= 0.6 is 11.3 Å². The summed E-state index contributed by atoms with van der Waals surface area (Å²) in [7, 11) is 0. The lowest BCUT2D eigenvalue weighted by Gasteiger charge is -1.99. The first-order chi connectivity index (χ1) is 8.06. The number of anilines is 1. The minimum Gasteiger partial charge on any atom is -0.508 e. The van der Waals surface area contributed by atoms with Gasteiger partial charge in [-0.05, 0) is 31.2 Å². The van der Waals surface area contributed by atoms with Gasteiger partial charge >= 0.3 is 0 Å². The molecule has 1 heterocycles. The lowest BCUT2D eigenvalue weighted by atomic mass is 10.1. The molecule has 0 amide bonds. The second-order valence-electron chi connectivity index (χ2n) is 3.51. The number of aromatic hydroxyl groups is 1. The van der Waals surface area contributed by atoms with Crippen molar-refractivity contribution in [2.24, 2.45) is 5.73 Å². The fraction of sp³-hybridized carbons (Fsp3) is 0.0909. The van der Waals surface area contributed by atoms with Crippen LogP contribution in [0.3, 0.4) is 0 Å². The van der Waals surface area contributed by atoms with Gasteiger partial charge in [-0.25, -0.2) is 4.98 Å². The number of nitrogens with zero attached hydrogens (tertiary/aromatic N) is 1. The van der Waals surface area contributed by atoms with Crippen LogP contribution in [0.1, 0.15) is 4.88 Å². The Morgan fingerprint density at radius 1 is 1.41 bits per heavy atom. The third-order valence-electron chi connectivity index (χ3n) is 2.18. The van der Waals surface area contributed by atoms with Gasteiger partial charge in [-0.1, -0.05) is 0 Å². The van der Waals surface area contributed by atoms with Gasteiger partial charge in [-0.3, -0.25) is 5.41 Å². The third-order valence-corrected chi connectivity index (χ3v) is 3.07. The van der Waals surface area contributed by atoms with E-state index in [1.165, 1.54) is 11.3 Å². The van der Waals surface area contributed by atoms with Crippen molar-refractivity contribution in [3.8, 4) is 17.0 Å². The molecule has 0 atom stereocenters. The van der Waals surface area contributed by atoms with Crippen molar-refractivity contribution in [3.05, 3.63) is 29.1 Å². The lowest BCUT2D eigenvalue weighted by Crippen LogP contribution is -2.20. The number of aryl methyl sites for hydroxylation is 1. The summed E-state index contributed by atoms with van der Waals surface area (Å²) in [5.74, 6) is 0.0970. The highest BCUT2D eigenvalue weighted by Gasteiger charge is 2.09. The summed E-state index contributed by atoms with van der Waals surface area (Å²) in [5, 5.41) is 19.6. The number of aromatic nitrogens is 1. The summed E-state index contributed by atoms with van der Waals surface area (Å²) in [4.78, 5) is 5.38. The van der Waals surface area contributed by atoms with Gasteiger partial charge in [0.25, 0.3) is 0 Å². The summed E-state index contributed by atoms with van der Waals surface area (Å²) in [6.07, 6.45) is 0. The van der Waals surface area contributed by atoms with E-state index in [9.17, 15) is 5.11 Å². The second-order valence-corrected chi connectivity index (χ2v) is 4.71. The summed E-state index contributed by atoms with van der Waals surface area (Å²) in [6, 6.07) is 6.84. The standard InChI is InChI=1S/C11H12N4OS/c1-6-9(7-2-4-8(16)5-3-7)14-11(17-6)15-10(12)13/h2-5,16H,1H3,(H4,12,13,14,15). The molecule has 0 aliphatic heterocycles. The number of rotatable bonds is 2. The van der Waals surface area contributed by atoms with Gasteiger partial charge < -0.3 is 16.2 Å². The number of hydrogen-bond acceptors (Lipinski definition) is 4. The predicted molar refractivity (Wildman–Crippen MR) is 69.5 cm³/mol. The summed E-state index contributed by atoms with van der Waals surface area (Å²) >= 11 is 1.44. The van der Waals surface area contributed by atoms with Crippen molar-refractivity contribution in [2.75, 3.05) is 5.32 Å². The predicted octanol–water partition coefficient (Wildman–Crippen LogP) is 2.13. The highest BCUT2D eigenvalue weighted by molar-refractivity contribution is 7.16. The molecule has 2 aromatic rings. The van der Waals surface area contributed by atoms with Crippen molar-refractivity contribution in [1.29, 1.82) is 5.41 Å². The minimum atomic E-state index is -0.129. The van der Waals surface area contributed by atoms with Gasteiger partial charge in [0, 0.05) is 10.4 Å². The molecule has 88 valence electrons. The van der Waals surface area contributed by atoms with Crippen molar-refractivity contribution >= 4 is 22.4 Å². The van der Waals surface area contributed by atoms with E-state index >= 15 is 0 Å². The Balaban J connectivity index is 2.35. The van der Waals surface area contributed by atoms with Gasteiger partial charge in [-0.15, -0.1) is 11.3 Å². The molecule has 2 rings (SSSR count). The number of hydrogen-bond donors (Lipinski definition) is 4. The molecule has 0 saturated carbocycles. The van der Waals surface area contributed by atoms with Crippen molar-refractivity contribution in [1.82, 2.24) is 4.98 Å². The Morgan fingerprint density at radius 3 is 2.65 bits per heavy atom. The average molecular weight is 248 g/mol. The molecular weight excluding hydrogens is 236 g/mol. The molecule has 1 aromatic carbocycles. The van der Waals surface area contributed by atoms with E-state index in [0.717, 1.165) is 16.1 Å². The van der Waals surface area contributed by atoms with E-state index < -0.39 is 0 Å². The highest BCUT2D eigenvalue weighted by atomic mass is 32.1. The normalized spacial score (nSPS) is 10.2. The van der Waals surface area contributed by atoms with E-state index in [-0.39, 0.29) is 11.7 Å². The Labute approximate surface area is 102 Å². The topological polar surface area (TPSA) is 95.0 Å². The zero-order chi connectivity index (χ0) is 12.4. The van der Waals surface area contributed by atoms with Crippen LogP contribution in [0.25, 0.3) is 11.3 Å². The quantitative estimate of drug-likeness (QED) is 0.483. The first-order valence-electron chi connectivity index (χ1n) is 4.94. The van der Waals surface area contributed by atoms with Crippen LogP contribution in [0.5, 0.6) is 5.75 Å². The van der Waals surface area contributed by atoms with Crippen LogP contribution in [0, 0.1) is 12.3 Å². The van der Waals surface area contributed by atoms with Crippen molar-refractivity contribution in [3.63, 3.8) is 0 Å². The molecule has 0 radical (unpaired) electrons. The number of phenols is 1. The number of nitrogens with two attached hydrogens (primary N) is 1. The summed E-state index contributed by atoms with van der Waals surface area (Å²) in [6.45, 7) is 1.95. The zero-order valence-electron chi connectivity index (χ0n) is 9.19. The van der Waals surface area contributed by atoms with Crippen LogP contribution in [-0.2, 0) is 0 Å². The Bertz CT molecular complexity index is 547. The fourth-order valence-corrected chi connectivity index (χ4v) is 2.30. The zero-order valence-corrected chi connectivity index (χ0v) is 10.0. The van der Waals surface area contributed by atoms with Crippen LogP contribution in [-0.4, -0.2) is 16.1 Å². The number of thiazole rings is 1. The largest absolute Gasteiger partial charge is 0.508 e. The molecule has 0 aliphatic carbocycles. The third kappa shape index (κ3) is 2.54. The smallest absolute Gasteiger partial charge is 0.192 e. The molecule has 0 bridgehead atoms. The Kier molecular flexibility index (Phi) is 2.97. The number of guanidine groups is 1. The molecule has 17 heavy (non-hydrogen) atoms. The molecular formula is C11H12N4OS. The molecule has 6 heteroatoms. The number of nitrogens with one attached hydrogen (secondary N) is 2. The maximum absolute atomic E-state index is 9.22. The summed E-state index contributed by atoms with van der Waals surface area (Å²) in [5.41, 5.74) is 7.00. The van der Waals surface area contributed by atoms with Crippen molar-refractivity contribution in [2.45, 2.75) is 6.92 Å². The monoisotopic (exact) mass is 248 g/mol. The van der Waals surface area contributed by atoms with E-state index in [1.807, 2.05) is 6.92 Å². The molecule has 0 unspecified atom stereocenters. The fourth-order valence-electron chi connectivity index (χ4n) is 1.45. The maximum Gasteiger partial charge on any atom is 0.192 e. The van der Waals surface area contributed by atoms with Crippen molar-refractivity contribution < 1.29 is 5.11 Å². The van der Waals surface area contributed by atoms with Gasteiger partial charge in [0.2, 0.25) is 0 Å². The summed E-state index contributed by atoms with van der Waals surface area (Å²) < 4.78 is 0.